The molecular weight excluding hydrogens is 595 g/mol. The van der Waals surface area contributed by atoms with Crippen LogP contribution in [0, 0.1) is 3.57 Å². The van der Waals surface area contributed by atoms with E-state index in [0.717, 1.165) is 14.7 Å². The predicted molar refractivity (Wildman–Crippen MR) is 144 cm³/mol. The number of ether oxygens (including phenoxy) is 3. The van der Waals surface area contributed by atoms with Crippen molar-refractivity contribution in [3.8, 4) is 5.75 Å². The predicted octanol–water partition coefficient (Wildman–Crippen LogP) is 2.95. The maximum atomic E-state index is 13.6. The Labute approximate surface area is 224 Å². The number of hydrogen-bond donors (Lipinski definition) is 0. The third kappa shape index (κ3) is 5.14. The van der Waals surface area contributed by atoms with Crippen LogP contribution in [0.5, 0.6) is 5.75 Å². The van der Waals surface area contributed by atoms with Crippen molar-refractivity contribution >= 4 is 51.9 Å². The molecule has 0 aliphatic carbocycles. The van der Waals surface area contributed by atoms with Crippen LogP contribution < -0.4 is 19.6 Å². The van der Waals surface area contributed by atoms with Gasteiger partial charge < -0.3 is 14.2 Å². The average molecular weight is 618 g/mol. The summed E-state index contributed by atoms with van der Waals surface area (Å²) in [7, 11) is 2.63. The summed E-state index contributed by atoms with van der Waals surface area (Å²) in [5.74, 6) is -0.434. The quantitative estimate of drug-likeness (QED) is 0.299. The number of esters is 2. The zero-order valence-corrected chi connectivity index (χ0v) is 22.8. The summed E-state index contributed by atoms with van der Waals surface area (Å²) >= 11 is 3.38. The van der Waals surface area contributed by atoms with Crippen molar-refractivity contribution in [1.29, 1.82) is 0 Å². The van der Waals surface area contributed by atoms with Crippen molar-refractivity contribution < 1.29 is 23.8 Å². The topological polar surface area (TPSA) is 96.2 Å². The molecule has 186 valence electrons. The van der Waals surface area contributed by atoms with E-state index in [4.69, 9.17) is 9.47 Å². The van der Waals surface area contributed by atoms with Crippen molar-refractivity contribution in [2.75, 3.05) is 20.8 Å². The number of hydrogen-bond acceptors (Lipinski definition) is 8. The Kier molecular flexibility index (Phi) is 8.04. The molecule has 0 amide bonds. The first-order valence-corrected chi connectivity index (χ1v) is 12.9. The second-order valence-electron chi connectivity index (χ2n) is 7.75. The zero-order chi connectivity index (χ0) is 25.8. The van der Waals surface area contributed by atoms with Crippen LogP contribution in [0.2, 0.25) is 0 Å². The summed E-state index contributed by atoms with van der Waals surface area (Å²) in [6.07, 6.45) is 2.30. The van der Waals surface area contributed by atoms with Gasteiger partial charge in [-0.3, -0.25) is 9.36 Å². The maximum absolute atomic E-state index is 13.6. The highest BCUT2D eigenvalue weighted by atomic mass is 127. The Hall–Kier alpha value is -3.25. The number of rotatable bonds is 7. The number of allylic oxidation sites excluding steroid dienone is 1. The fourth-order valence-corrected chi connectivity index (χ4v) is 5.60. The normalized spacial score (nSPS) is 15.2. The van der Waals surface area contributed by atoms with E-state index in [0.29, 0.717) is 32.8 Å². The van der Waals surface area contributed by atoms with Crippen molar-refractivity contribution in [3.63, 3.8) is 0 Å². The van der Waals surface area contributed by atoms with Crippen LogP contribution in [-0.2, 0) is 19.1 Å². The first kappa shape index (κ1) is 25.8. The van der Waals surface area contributed by atoms with E-state index in [1.165, 1.54) is 25.6 Å². The molecule has 0 N–H and O–H groups in total. The highest BCUT2D eigenvalue weighted by Gasteiger charge is 2.33. The maximum Gasteiger partial charge on any atom is 0.343 e. The molecule has 4 rings (SSSR count). The van der Waals surface area contributed by atoms with Crippen LogP contribution >= 0.6 is 33.9 Å². The van der Waals surface area contributed by atoms with Crippen molar-refractivity contribution in [2.45, 2.75) is 19.4 Å². The van der Waals surface area contributed by atoms with Crippen molar-refractivity contribution in [1.82, 2.24) is 4.57 Å². The van der Waals surface area contributed by atoms with Crippen LogP contribution in [0.3, 0.4) is 0 Å². The van der Waals surface area contributed by atoms with Gasteiger partial charge in [0.15, 0.2) is 11.4 Å². The van der Waals surface area contributed by atoms with Crippen LogP contribution in [0.1, 0.15) is 30.5 Å². The number of aromatic nitrogens is 1. The molecule has 0 saturated heterocycles. The molecule has 3 aromatic rings. The lowest BCUT2D eigenvalue weighted by molar-refractivity contribution is -0.143. The molecule has 1 aliphatic rings. The van der Waals surface area contributed by atoms with E-state index in [2.05, 4.69) is 32.3 Å². The molecule has 1 atom stereocenters. The lowest BCUT2D eigenvalue weighted by Crippen LogP contribution is -2.40. The Morgan fingerprint density at radius 1 is 1.14 bits per heavy atom. The van der Waals surface area contributed by atoms with Gasteiger partial charge in [0.05, 0.1) is 39.6 Å². The third-order valence-corrected chi connectivity index (χ3v) is 7.42. The van der Waals surface area contributed by atoms with E-state index < -0.39 is 18.0 Å². The molecule has 2 aromatic carbocycles. The summed E-state index contributed by atoms with van der Waals surface area (Å²) in [6, 6.07) is 14.2. The molecular formula is C26H23IN2O6S. The number of fused-ring (bicyclic) bond motifs is 1. The molecule has 2 heterocycles. The molecule has 0 spiro atoms. The van der Waals surface area contributed by atoms with E-state index in [1.807, 2.05) is 43.3 Å². The highest BCUT2D eigenvalue weighted by molar-refractivity contribution is 14.1. The SMILES string of the molecule is CCC1=C(C(=O)OC)[C@H](c2ccccc2)n2c(s/c(=C\c3ccc(OCC(=O)OC)c(I)c3)c2=O)=N1. The second-order valence-corrected chi connectivity index (χ2v) is 9.92. The number of carbonyl (C=O) groups excluding carboxylic acids is 2. The molecule has 1 aliphatic heterocycles. The summed E-state index contributed by atoms with van der Waals surface area (Å²) < 4.78 is 18.0. The molecule has 0 radical (unpaired) electrons. The molecule has 0 unspecified atom stereocenters. The van der Waals surface area contributed by atoms with Gasteiger partial charge in [0.1, 0.15) is 5.75 Å². The van der Waals surface area contributed by atoms with E-state index in [9.17, 15) is 14.4 Å². The van der Waals surface area contributed by atoms with E-state index >= 15 is 0 Å². The van der Waals surface area contributed by atoms with Crippen molar-refractivity contribution in [2.24, 2.45) is 4.99 Å². The minimum atomic E-state index is -0.638. The molecule has 0 fully saturated rings. The minimum Gasteiger partial charge on any atom is -0.481 e. The van der Waals surface area contributed by atoms with Gasteiger partial charge in [-0.15, -0.1) is 0 Å². The zero-order valence-electron chi connectivity index (χ0n) is 19.8. The third-order valence-electron chi connectivity index (χ3n) is 5.59. The molecule has 10 heteroatoms. The monoisotopic (exact) mass is 618 g/mol. The largest absolute Gasteiger partial charge is 0.481 e. The van der Waals surface area contributed by atoms with Crippen LogP contribution in [-0.4, -0.2) is 37.3 Å². The lowest BCUT2D eigenvalue weighted by Gasteiger charge is -2.25. The number of methoxy groups -OCH3 is 2. The van der Waals surface area contributed by atoms with Crippen LogP contribution in [0.4, 0.5) is 0 Å². The molecule has 0 saturated carbocycles. The Morgan fingerprint density at radius 2 is 1.89 bits per heavy atom. The van der Waals surface area contributed by atoms with Gasteiger partial charge in [-0.05, 0) is 58.3 Å². The van der Waals surface area contributed by atoms with Gasteiger partial charge in [0.2, 0.25) is 0 Å². The molecule has 0 bridgehead atoms. The Balaban J connectivity index is 1.82. The number of benzene rings is 2. The number of nitrogens with zero attached hydrogens (tertiary/aromatic N) is 2. The van der Waals surface area contributed by atoms with E-state index in [-0.39, 0.29) is 12.2 Å². The lowest BCUT2D eigenvalue weighted by atomic mass is 9.95. The molecule has 36 heavy (non-hydrogen) atoms. The standard InChI is InChI=1S/C26H23IN2O6S/c1-4-18-22(25(32)34-3)23(16-8-6-5-7-9-16)29-24(31)20(36-26(29)28-18)13-15-10-11-19(17(27)12-15)35-14-21(30)33-2/h5-13,23H,4,14H2,1-3H3/b20-13-/t23-/m0/s1. The van der Waals surface area contributed by atoms with Crippen molar-refractivity contribution in [3.05, 3.63) is 94.2 Å². The first-order chi connectivity index (χ1) is 17.4. The summed E-state index contributed by atoms with van der Waals surface area (Å²) in [5.41, 5.74) is 2.31. The van der Waals surface area contributed by atoms with Gasteiger partial charge in [-0.25, -0.2) is 14.6 Å². The van der Waals surface area contributed by atoms with Gasteiger partial charge in [-0.2, -0.15) is 0 Å². The fraction of sp³-hybridized carbons (Fsp3) is 0.231. The Bertz CT molecular complexity index is 1520. The number of thiazole rings is 1. The van der Waals surface area contributed by atoms with Gasteiger partial charge in [0.25, 0.3) is 5.56 Å². The number of halogens is 1. The first-order valence-electron chi connectivity index (χ1n) is 11.0. The van der Waals surface area contributed by atoms with Gasteiger partial charge in [-0.1, -0.05) is 54.7 Å². The van der Waals surface area contributed by atoms with E-state index in [1.54, 1.807) is 22.8 Å². The fourth-order valence-electron chi connectivity index (χ4n) is 3.89. The molecule has 8 nitrogen and oxygen atoms in total. The smallest absolute Gasteiger partial charge is 0.343 e. The average Bonchev–Trinajstić information content (AvgIpc) is 3.21. The van der Waals surface area contributed by atoms with Crippen LogP contribution in [0.15, 0.2) is 69.6 Å². The Morgan fingerprint density at radius 3 is 2.53 bits per heavy atom. The van der Waals surface area contributed by atoms with Crippen LogP contribution in [0.25, 0.3) is 6.08 Å². The highest BCUT2D eigenvalue weighted by Crippen LogP contribution is 2.31. The van der Waals surface area contributed by atoms with Gasteiger partial charge >= 0.3 is 11.9 Å². The minimum absolute atomic E-state index is 0.188. The van der Waals surface area contributed by atoms with Gasteiger partial charge in [0, 0.05) is 0 Å². The summed E-state index contributed by atoms with van der Waals surface area (Å²) in [5, 5.41) is 0. The number of carbonyl (C=O) groups is 2. The summed E-state index contributed by atoms with van der Waals surface area (Å²) in [6.45, 7) is 1.73. The second kappa shape index (κ2) is 11.2. The molecule has 1 aromatic heterocycles. The summed E-state index contributed by atoms with van der Waals surface area (Å²) in [4.78, 5) is 43.0.